The van der Waals surface area contributed by atoms with Crippen LogP contribution in [0.2, 0.25) is 0 Å². The van der Waals surface area contributed by atoms with Crippen LogP contribution in [0.3, 0.4) is 0 Å². The molecule has 3 rings (SSSR count). The highest BCUT2D eigenvalue weighted by Gasteiger charge is 2.24. The maximum Gasteiger partial charge on any atom is 0.295 e. The zero-order valence-electron chi connectivity index (χ0n) is 14.8. The standard InChI is InChI=1S/C18H20N6O2/c1-11(2)15-13(22-17(25)14-16(19)21-10-9-20-14)18(26)24(23(15)3)12-7-5-4-6-8-12/h4-11H,1-3H3,(H2,19,21)(H,22,25). The summed E-state index contributed by atoms with van der Waals surface area (Å²) in [6.45, 7) is 3.91. The Morgan fingerprint density at radius 1 is 1.15 bits per heavy atom. The molecule has 0 radical (unpaired) electrons. The van der Waals surface area contributed by atoms with E-state index in [1.165, 1.54) is 17.1 Å². The molecule has 0 aliphatic carbocycles. The van der Waals surface area contributed by atoms with E-state index >= 15 is 0 Å². The van der Waals surface area contributed by atoms with Gasteiger partial charge in [0.05, 0.1) is 11.4 Å². The van der Waals surface area contributed by atoms with E-state index in [-0.39, 0.29) is 28.7 Å². The second-order valence-corrected chi connectivity index (χ2v) is 6.14. The zero-order valence-corrected chi connectivity index (χ0v) is 14.8. The smallest absolute Gasteiger partial charge is 0.295 e. The number of nitrogens with two attached hydrogens (primary N) is 1. The van der Waals surface area contributed by atoms with Crippen molar-refractivity contribution < 1.29 is 4.79 Å². The minimum atomic E-state index is -0.569. The number of aromatic nitrogens is 4. The van der Waals surface area contributed by atoms with Gasteiger partial charge in [-0.15, -0.1) is 0 Å². The summed E-state index contributed by atoms with van der Waals surface area (Å²) in [7, 11) is 1.79. The molecule has 0 aliphatic rings. The molecule has 0 unspecified atom stereocenters. The second kappa shape index (κ2) is 6.83. The Bertz CT molecular complexity index is 1000. The lowest BCUT2D eigenvalue weighted by molar-refractivity contribution is 0.102. The van der Waals surface area contributed by atoms with Crippen LogP contribution in [-0.2, 0) is 7.05 Å². The summed E-state index contributed by atoms with van der Waals surface area (Å²) < 4.78 is 3.27. The molecular weight excluding hydrogens is 332 g/mol. The van der Waals surface area contributed by atoms with Crippen molar-refractivity contribution in [1.82, 2.24) is 19.3 Å². The van der Waals surface area contributed by atoms with E-state index < -0.39 is 5.91 Å². The number of benzene rings is 1. The molecule has 1 amide bonds. The molecule has 0 spiro atoms. The normalized spacial score (nSPS) is 10.9. The number of carbonyl (C=O) groups is 1. The number of nitrogens with one attached hydrogen (secondary N) is 1. The van der Waals surface area contributed by atoms with Crippen LogP contribution >= 0.6 is 0 Å². The van der Waals surface area contributed by atoms with Crippen LogP contribution in [0.1, 0.15) is 35.9 Å². The molecule has 0 atom stereocenters. The van der Waals surface area contributed by atoms with Crippen molar-refractivity contribution in [2.75, 3.05) is 11.1 Å². The van der Waals surface area contributed by atoms with Gasteiger partial charge < -0.3 is 11.1 Å². The fraction of sp³-hybridized carbons (Fsp3) is 0.222. The summed E-state index contributed by atoms with van der Waals surface area (Å²) in [6.07, 6.45) is 2.78. The van der Waals surface area contributed by atoms with E-state index in [1.807, 2.05) is 44.2 Å². The van der Waals surface area contributed by atoms with E-state index in [0.29, 0.717) is 11.4 Å². The number of amides is 1. The van der Waals surface area contributed by atoms with Gasteiger partial charge in [0.15, 0.2) is 11.5 Å². The first-order valence-electron chi connectivity index (χ1n) is 8.17. The number of hydrogen-bond donors (Lipinski definition) is 2. The fourth-order valence-electron chi connectivity index (χ4n) is 2.96. The van der Waals surface area contributed by atoms with Crippen molar-refractivity contribution in [3.63, 3.8) is 0 Å². The van der Waals surface area contributed by atoms with E-state index in [9.17, 15) is 9.59 Å². The Labute approximate surface area is 150 Å². The highest BCUT2D eigenvalue weighted by atomic mass is 16.2. The van der Waals surface area contributed by atoms with Crippen molar-refractivity contribution in [2.24, 2.45) is 7.05 Å². The molecule has 0 aliphatic heterocycles. The molecule has 1 aromatic carbocycles. The van der Waals surface area contributed by atoms with Crippen molar-refractivity contribution in [3.05, 3.63) is 64.5 Å². The first-order chi connectivity index (χ1) is 12.4. The molecule has 3 aromatic rings. The topological polar surface area (TPSA) is 108 Å². The van der Waals surface area contributed by atoms with E-state index in [4.69, 9.17) is 5.73 Å². The molecule has 0 saturated heterocycles. The average Bonchev–Trinajstić information content (AvgIpc) is 2.86. The summed E-state index contributed by atoms with van der Waals surface area (Å²) in [5.41, 5.74) is 7.00. The summed E-state index contributed by atoms with van der Waals surface area (Å²) >= 11 is 0. The molecule has 0 saturated carbocycles. The van der Waals surface area contributed by atoms with Crippen molar-refractivity contribution in [2.45, 2.75) is 19.8 Å². The van der Waals surface area contributed by atoms with Crippen LogP contribution < -0.4 is 16.6 Å². The van der Waals surface area contributed by atoms with E-state index in [1.54, 1.807) is 11.7 Å². The van der Waals surface area contributed by atoms with E-state index in [0.717, 1.165) is 0 Å². The van der Waals surface area contributed by atoms with Crippen LogP contribution in [0.25, 0.3) is 5.69 Å². The predicted molar refractivity (Wildman–Crippen MR) is 99.5 cm³/mol. The molecule has 134 valence electrons. The minimum absolute atomic E-state index is 0.00664. The van der Waals surface area contributed by atoms with Gasteiger partial charge in [0, 0.05) is 19.4 Å². The van der Waals surface area contributed by atoms with E-state index in [2.05, 4.69) is 15.3 Å². The number of carbonyl (C=O) groups excluding carboxylic acids is 1. The highest BCUT2D eigenvalue weighted by molar-refractivity contribution is 6.05. The van der Waals surface area contributed by atoms with Crippen molar-refractivity contribution in [3.8, 4) is 5.69 Å². The molecular formula is C18H20N6O2. The summed E-state index contributed by atoms with van der Waals surface area (Å²) in [5.74, 6) is -0.553. The predicted octanol–water partition coefficient (Wildman–Crippen LogP) is 1.92. The van der Waals surface area contributed by atoms with Gasteiger partial charge in [-0.25, -0.2) is 14.6 Å². The molecule has 8 nitrogen and oxygen atoms in total. The number of nitrogen functional groups attached to an aromatic ring is 1. The number of para-hydroxylation sites is 1. The van der Waals surface area contributed by atoms with Gasteiger partial charge in [-0.05, 0) is 18.1 Å². The maximum atomic E-state index is 13.0. The first kappa shape index (κ1) is 17.4. The Morgan fingerprint density at radius 3 is 2.42 bits per heavy atom. The molecule has 26 heavy (non-hydrogen) atoms. The van der Waals surface area contributed by atoms with Crippen LogP contribution in [0.5, 0.6) is 0 Å². The quantitative estimate of drug-likeness (QED) is 0.746. The van der Waals surface area contributed by atoms with Gasteiger partial charge in [0.1, 0.15) is 5.69 Å². The highest BCUT2D eigenvalue weighted by Crippen LogP contribution is 2.23. The lowest BCUT2D eigenvalue weighted by Gasteiger charge is -2.12. The number of anilines is 2. The van der Waals surface area contributed by atoms with Crippen LogP contribution in [0.15, 0.2) is 47.5 Å². The summed E-state index contributed by atoms with van der Waals surface area (Å²) in [4.78, 5) is 33.4. The molecule has 2 aromatic heterocycles. The zero-order chi connectivity index (χ0) is 18.8. The van der Waals surface area contributed by atoms with Crippen molar-refractivity contribution >= 4 is 17.4 Å². The fourth-order valence-corrected chi connectivity index (χ4v) is 2.96. The molecule has 3 N–H and O–H groups in total. The van der Waals surface area contributed by atoms with Crippen molar-refractivity contribution in [1.29, 1.82) is 0 Å². The Kier molecular flexibility index (Phi) is 4.57. The molecule has 0 bridgehead atoms. The summed E-state index contributed by atoms with van der Waals surface area (Å²) in [6, 6.07) is 9.24. The van der Waals surface area contributed by atoms with Gasteiger partial charge in [0.25, 0.3) is 11.5 Å². The number of rotatable bonds is 4. The van der Waals surface area contributed by atoms with Gasteiger partial charge in [-0.3, -0.25) is 14.3 Å². The third kappa shape index (κ3) is 2.97. The minimum Gasteiger partial charge on any atom is -0.382 e. The Morgan fingerprint density at radius 2 is 1.81 bits per heavy atom. The third-order valence-corrected chi connectivity index (χ3v) is 4.04. The molecule has 2 heterocycles. The monoisotopic (exact) mass is 352 g/mol. The van der Waals surface area contributed by atoms with Gasteiger partial charge in [-0.1, -0.05) is 32.0 Å². The number of hydrogen-bond acceptors (Lipinski definition) is 5. The third-order valence-electron chi connectivity index (χ3n) is 4.04. The molecule has 0 fully saturated rings. The average molecular weight is 352 g/mol. The Balaban J connectivity index is 2.11. The lowest BCUT2D eigenvalue weighted by Crippen LogP contribution is -2.24. The van der Waals surface area contributed by atoms with Gasteiger partial charge in [0.2, 0.25) is 0 Å². The summed E-state index contributed by atoms with van der Waals surface area (Å²) in [5, 5.41) is 2.67. The lowest BCUT2D eigenvalue weighted by atomic mass is 10.1. The van der Waals surface area contributed by atoms with Crippen LogP contribution in [0, 0.1) is 0 Å². The first-order valence-corrected chi connectivity index (χ1v) is 8.17. The largest absolute Gasteiger partial charge is 0.382 e. The number of nitrogens with zero attached hydrogens (tertiary/aromatic N) is 4. The SMILES string of the molecule is CC(C)c1c(NC(=O)c2nccnc2N)c(=O)n(-c2ccccc2)n1C. The van der Waals surface area contributed by atoms with Crippen LogP contribution in [-0.4, -0.2) is 25.2 Å². The van der Waals surface area contributed by atoms with Crippen LogP contribution in [0.4, 0.5) is 11.5 Å². The Hall–Kier alpha value is -3.42. The maximum absolute atomic E-state index is 13.0. The van der Waals surface area contributed by atoms with Gasteiger partial charge >= 0.3 is 0 Å². The molecule has 8 heteroatoms. The van der Waals surface area contributed by atoms with Gasteiger partial charge in [-0.2, -0.15) is 0 Å². The second-order valence-electron chi connectivity index (χ2n) is 6.14.